The van der Waals surface area contributed by atoms with E-state index in [0.717, 1.165) is 5.69 Å². The van der Waals surface area contributed by atoms with Crippen molar-refractivity contribution in [3.63, 3.8) is 0 Å². The van der Waals surface area contributed by atoms with Gasteiger partial charge in [0.2, 0.25) is 0 Å². The largest absolute Gasteiger partial charge is 0.382 e. The Morgan fingerprint density at radius 3 is 2.78 bits per heavy atom. The van der Waals surface area contributed by atoms with Crippen LogP contribution in [-0.2, 0) is 0 Å². The van der Waals surface area contributed by atoms with Crippen molar-refractivity contribution < 1.29 is 0 Å². The fraction of sp³-hybridized carbons (Fsp3) is 0.533. The van der Waals surface area contributed by atoms with Gasteiger partial charge in [0, 0.05) is 11.7 Å². The zero-order valence-electron chi connectivity index (χ0n) is 11.0. The summed E-state index contributed by atoms with van der Waals surface area (Å²) in [6, 6.07) is 8.13. The molecule has 0 amide bonds. The summed E-state index contributed by atoms with van der Waals surface area (Å²) < 4.78 is 0. The highest BCUT2D eigenvalue weighted by Gasteiger charge is 2.31. The van der Waals surface area contributed by atoms with Crippen molar-refractivity contribution in [2.75, 3.05) is 5.32 Å². The molecule has 0 heterocycles. The zero-order chi connectivity index (χ0) is 13.2. The maximum Gasteiger partial charge on any atom is 0.101 e. The minimum absolute atomic E-state index is 0.318. The minimum Gasteiger partial charge on any atom is -0.382 e. The molecule has 2 rings (SSSR count). The van der Waals surface area contributed by atoms with Crippen molar-refractivity contribution in [1.82, 2.24) is 0 Å². The van der Waals surface area contributed by atoms with Crippen molar-refractivity contribution in [2.24, 2.45) is 5.41 Å². The standard InChI is InChI=1S/C15H19ClN2/c1-15(2)8-4-3-5-14(15)18-12-7-6-11(10-17)13(16)9-12/h6-7,9,14,18H,3-5,8H2,1-2H3. The van der Waals surface area contributed by atoms with Crippen molar-refractivity contribution in [3.05, 3.63) is 28.8 Å². The Morgan fingerprint density at radius 2 is 2.17 bits per heavy atom. The van der Waals surface area contributed by atoms with E-state index in [1.165, 1.54) is 25.7 Å². The maximum atomic E-state index is 8.86. The van der Waals surface area contributed by atoms with E-state index < -0.39 is 0 Å². The summed E-state index contributed by atoms with van der Waals surface area (Å²) in [5.41, 5.74) is 1.86. The molecule has 1 fully saturated rings. The molecule has 0 saturated heterocycles. The highest BCUT2D eigenvalue weighted by Crippen LogP contribution is 2.37. The third-order valence-electron chi connectivity index (χ3n) is 3.94. The van der Waals surface area contributed by atoms with Crippen molar-refractivity contribution >= 4 is 17.3 Å². The Morgan fingerprint density at radius 1 is 1.39 bits per heavy atom. The van der Waals surface area contributed by atoms with Crippen molar-refractivity contribution in [2.45, 2.75) is 45.6 Å². The number of halogens is 1. The van der Waals surface area contributed by atoms with Gasteiger partial charge in [0.1, 0.15) is 6.07 Å². The van der Waals surface area contributed by atoms with Crippen LogP contribution in [0.4, 0.5) is 5.69 Å². The molecule has 1 N–H and O–H groups in total. The van der Waals surface area contributed by atoms with E-state index in [0.29, 0.717) is 22.0 Å². The molecule has 0 aliphatic heterocycles. The maximum absolute atomic E-state index is 8.86. The Kier molecular flexibility index (Phi) is 3.82. The molecule has 0 spiro atoms. The van der Waals surface area contributed by atoms with Crippen molar-refractivity contribution in [1.29, 1.82) is 5.26 Å². The second kappa shape index (κ2) is 5.20. The average Bonchev–Trinajstić information content (AvgIpc) is 2.32. The molecule has 3 heteroatoms. The summed E-state index contributed by atoms with van der Waals surface area (Å²) in [6.45, 7) is 4.63. The third-order valence-corrected chi connectivity index (χ3v) is 4.25. The summed E-state index contributed by atoms with van der Waals surface area (Å²) >= 11 is 6.06. The van der Waals surface area contributed by atoms with E-state index in [4.69, 9.17) is 16.9 Å². The molecule has 18 heavy (non-hydrogen) atoms. The Hall–Kier alpha value is -1.20. The van der Waals surface area contributed by atoms with Gasteiger partial charge in [0.05, 0.1) is 10.6 Å². The third kappa shape index (κ3) is 2.79. The number of benzene rings is 1. The van der Waals surface area contributed by atoms with Gasteiger partial charge in [-0.3, -0.25) is 0 Å². The Balaban J connectivity index is 2.14. The Labute approximate surface area is 114 Å². The molecule has 0 radical (unpaired) electrons. The number of hydrogen-bond donors (Lipinski definition) is 1. The first-order valence-corrected chi connectivity index (χ1v) is 6.87. The SMILES string of the molecule is CC1(C)CCCCC1Nc1ccc(C#N)c(Cl)c1. The van der Waals surface area contributed by atoms with Gasteiger partial charge in [0.25, 0.3) is 0 Å². The van der Waals surface area contributed by atoms with Gasteiger partial charge in [-0.15, -0.1) is 0 Å². The summed E-state index contributed by atoms with van der Waals surface area (Å²) in [4.78, 5) is 0. The molecule has 1 unspecified atom stereocenters. The van der Waals surface area contributed by atoms with Crippen LogP contribution in [0.1, 0.15) is 45.1 Å². The highest BCUT2D eigenvalue weighted by molar-refractivity contribution is 6.32. The van der Waals surface area contributed by atoms with Crippen LogP contribution in [0.5, 0.6) is 0 Å². The predicted molar refractivity (Wildman–Crippen MR) is 75.8 cm³/mol. The van der Waals surface area contributed by atoms with Crippen LogP contribution in [0.2, 0.25) is 5.02 Å². The first-order chi connectivity index (χ1) is 8.53. The fourth-order valence-corrected chi connectivity index (χ4v) is 2.88. The van der Waals surface area contributed by atoms with Crippen LogP contribution in [0.15, 0.2) is 18.2 Å². The molecular weight excluding hydrogens is 244 g/mol. The first kappa shape index (κ1) is 13.2. The lowest BCUT2D eigenvalue weighted by molar-refractivity contribution is 0.217. The summed E-state index contributed by atoms with van der Waals surface area (Å²) in [7, 11) is 0. The topological polar surface area (TPSA) is 35.8 Å². The lowest BCUT2D eigenvalue weighted by atomic mass is 9.73. The van der Waals surface area contributed by atoms with Crippen molar-refractivity contribution in [3.8, 4) is 6.07 Å². The van der Waals surface area contributed by atoms with Crippen LogP contribution < -0.4 is 5.32 Å². The lowest BCUT2D eigenvalue weighted by Gasteiger charge is -2.39. The molecule has 0 bridgehead atoms. The Bertz CT molecular complexity index is 474. The fourth-order valence-electron chi connectivity index (χ4n) is 2.66. The van der Waals surface area contributed by atoms with Crippen LogP contribution in [-0.4, -0.2) is 6.04 Å². The number of rotatable bonds is 2. The molecule has 0 aromatic heterocycles. The predicted octanol–water partition coefficient (Wildman–Crippen LogP) is 4.59. The van der Waals surface area contributed by atoms with Gasteiger partial charge in [-0.2, -0.15) is 5.26 Å². The molecule has 1 atom stereocenters. The number of anilines is 1. The number of nitriles is 1. The summed E-state index contributed by atoms with van der Waals surface area (Å²) in [5.74, 6) is 0. The van der Waals surface area contributed by atoms with Gasteiger partial charge >= 0.3 is 0 Å². The van der Waals surface area contributed by atoms with Gasteiger partial charge in [0.15, 0.2) is 0 Å². The molecule has 96 valence electrons. The molecule has 1 aromatic rings. The normalized spacial score (nSPS) is 22.2. The molecule has 1 aliphatic carbocycles. The van der Waals surface area contributed by atoms with E-state index in [-0.39, 0.29) is 0 Å². The smallest absolute Gasteiger partial charge is 0.101 e. The van der Waals surface area contributed by atoms with Gasteiger partial charge in [-0.05, 0) is 36.5 Å². The van der Waals surface area contributed by atoms with E-state index in [2.05, 4.69) is 25.2 Å². The molecular formula is C15H19ClN2. The highest BCUT2D eigenvalue weighted by atomic mass is 35.5. The number of nitrogens with zero attached hydrogens (tertiary/aromatic N) is 1. The van der Waals surface area contributed by atoms with E-state index in [1.54, 1.807) is 6.07 Å². The summed E-state index contributed by atoms with van der Waals surface area (Å²) in [6.07, 6.45) is 5.06. The van der Waals surface area contributed by atoms with E-state index >= 15 is 0 Å². The molecule has 1 saturated carbocycles. The zero-order valence-corrected chi connectivity index (χ0v) is 11.7. The number of nitrogens with one attached hydrogen (secondary N) is 1. The van der Waals surface area contributed by atoms with E-state index in [1.807, 2.05) is 12.1 Å². The summed E-state index contributed by atoms with van der Waals surface area (Å²) in [5, 5.41) is 13.0. The molecule has 1 aromatic carbocycles. The van der Waals surface area contributed by atoms with Crippen LogP contribution >= 0.6 is 11.6 Å². The monoisotopic (exact) mass is 262 g/mol. The second-order valence-electron chi connectivity index (χ2n) is 5.74. The van der Waals surface area contributed by atoms with Gasteiger partial charge in [-0.1, -0.05) is 38.3 Å². The number of hydrogen-bond acceptors (Lipinski definition) is 2. The van der Waals surface area contributed by atoms with Crippen LogP contribution in [0.3, 0.4) is 0 Å². The lowest BCUT2D eigenvalue weighted by Crippen LogP contribution is -2.38. The van der Waals surface area contributed by atoms with E-state index in [9.17, 15) is 0 Å². The molecule has 1 aliphatic rings. The van der Waals surface area contributed by atoms with Gasteiger partial charge < -0.3 is 5.32 Å². The average molecular weight is 263 g/mol. The second-order valence-corrected chi connectivity index (χ2v) is 6.14. The van der Waals surface area contributed by atoms with Crippen LogP contribution in [0, 0.1) is 16.7 Å². The first-order valence-electron chi connectivity index (χ1n) is 6.49. The minimum atomic E-state index is 0.318. The molecule has 2 nitrogen and oxygen atoms in total. The van der Waals surface area contributed by atoms with Gasteiger partial charge in [-0.25, -0.2) is 0 Å². The van der Waals surface area contributed by atoms with Crippen LogP contribution in [0.25, 0.3) is 0 Å². The quantitative estimate of drug-likeness (QED) is 0.846.